The topological polar surface area (TPSA) is 56.8 Å². The van der Waals surface area contributed by atoms with Crippen molar-refractivity contribution in [2.75, 3.05) is 12.2 Å². The molecule has 5 nitrogen and oxygen atoms in total. The predicted octanol–water partition coefficient (Wildman–Crippen LogP) is 5.65. The second kappa shape index (κ2) is 8.10. The van der Waals surface area contributed by atoms with Gasteiger partial charge in [0.05, 0.1) is 7.11 Å². The van der Waals surface area contributed by atoms with E-state index in [-0.39, 0.29) is 11.5 Å². The number of rotatable bonds is 7. The zero-order valence-electron chi connectivity index (χ0n) is 14.3. The summed E-state index contributed by atoms with van der Waals surface area (Å²) in [4.78, 5) is 0. The van der Waals surface area contributed by atoms with Gasteiger partial charge in [0.2, 0.25) is 0 Å². The first-order valence-corrected chi connectivity index (χ1v) is 9.44. The van der Waals surface area contributed by atoms with Gasteiger partial charge in [-0.25, -0.2) is 13.3 Å². The standard InChI is InChI=1S/C19H16F2NO4P/c1-24-15-8-6-7-14(13-15)22-27(23,25-18-11-4-2-9-16(18)20)26-19-12-5-3-10-17(19)21/h2-13H,1H3,(H,22,23). The summed E-state index contributed by atoms with van der Waals surface area (Å²) in [5.41, 5.74) is 0.324. The molecule has 3 rings (SSSR count). The number of hydrogen-bond donors (Lipinski definition) is 1. The molecule has 0 unspecified atom stereocenters. The van der Waals surface area contributed by atoms with E-state index in [0.29, 0.717) is 11.4 Å². The van der Waals surface area contributed by atoms with E-state index in [1.807, 2.05) is 0 Å². The Bertz CT molecular complexity index is 932. The van der Waals surface area contributed by atoms with E-state index >= 15 is 0 Å². The fourth-order valence-corrected chi connectivity index (χ4v) is 3.61. The Hall–Kier alpha value is -3.05. The van der Waals surface area contributed by atoms with Crippen LogP contribution in [-0.2, 0) is 4.57 Å². The van der Waals surface area contributed by atoms with Gasteiger partial charge in [0, 0.05) is 11.8 Å². The maximum Gasteiger partial charge on any atom is 0.541 e. The van der Waals surface area contributed by atoms with Crippen molar-refractivity contribution in [2.24, 2.45) is 0 Å². The lowest BCUT2D eigenvalue weighted by molar-refractivity contribution is 0.373. The van der Waals surface area contributed by atoms with Crippen LogP contribution < -0.4 is 18.9 Å². The smallest absolute Gasteiger partial charge is 0.497 e. The highest BCUT2D eigenvalue weighted by molar-refractivity contribution is 7.56. The maximum absolute atomic E-state index is 14.0. The third-order valence-corrected chi connectivity index (χ3v) is 4.85. The second-order valence-electron chi connectivity index (χ2n) is 5.38. The minimum atomic E-state index is -4.25. The Morgan fingerprint density at radius 3 is 1.89 bits per heavy atom. The zero-order chi connectivity index (χ0) is 19.3. The highest BCUT2D eigenvalue weighted by Crippen LogP contribution is 2.49. The first kappa shape index (κ1) is 18.7. The van der Waals surface area contributed by atoms with Gasteiger partial charge in [-0.05, 0) is 36.4 Å². The fraction of sp³-hybridized carbons (Fsp3) is 0.0526. The summed E-state index contributed by atoms with van der Waals surface area (Å²) in [7, 11) is -2.78. The molecule has 0 aliphatic rings. The normalized spacial score (nSPS) is 10.9. The van der Waals surface area contributed by atoms with Crippen LogP contribution >= 0.6 is 7.75 Å². The van der Waals surface area contributed by atoms with E-state index in [2.05, 4.69) is 5.09 Å². The van der Waals surface area contributed by atoms with Crippen molar-refractivity contribution in [1.82, 2.24) is 0 Å². The van der Waals surface area contributed by atoms with Crippen LogP contribution in [0.2, 0.25) is 0 Å². The van der Waals surface area contributed by atoms with Crippen LogP contribution in [0.3, 0.4) is 0 Å². The molecular weight excluding hydrogens is 375 g/mol. The van der Waals surface area contributed by atoms with Crippen molar-refractivity contribution in [1.29, 1.82) is 0 Å². The Morgan fingerprint density at radius 2 is 1.37 bits per heavy atom. The summed E-state index contributed by atoms with van der Waals surface area (Å²) >= 11 is 0. The molecule has 0 atom stereocenters. The maximum atomic E-state index is 14.0. The van der Waals surface area contributed by atoms with E-state index in [4.69, 9.17) is 13.8 Å². The van der Waals surface area contributed by atoms with Gasteiger partial charge in [0.1, 0.15) is 5.75 Å². The van der Waals surface area contributed by atoms with E-state index in [1.165, 1.54) is 43.5 Å². The van der Waals surface area contributed by atoms with Crippen LogP contribution in [0.1, 0.15) is 0 Å². The molecule has 0 saturated heterocycles. The highest BCUT2D eigenvalue weighted by atomic mass is 31.2. The van der Waals surface area contributed by atoms with Gasteiger partial charge in [-0.15, -0.1) is 0 Å². The average molecular weight is 391 g/mol. The molecule has 0 bridgehead atoms. The van der Waals surface area contributed by atoms with Crippen molar-refractivity contribution in [2.45, 2.75) is 0 Å². The third-order valence-electron chi connectivity index (χ3n) is 3.45. The first-order chi connectivity index (χ1) is 13.0. The molecule has 0 spiro atoms. The Kier molecular flexibility index (Phi) is 5.62. The quantitative estimate of drug-likeness (QED) is 0.528. The van der Waals surface area contributed by atoms with E-state index < -0.39 is 19.4 Å². The average Bonchev–Trinajstić information content (AvgIpc) is 2.65. The Balaban J connectivity index is 1.95. The molecule has 0 fully saturated rings. The number of anilines is 1. The molecule has 0 aromatic heterocycles. The number of hydrogen-bond acceptors (Lipinski definition) is 4. The number of nitrogens with one attached hydrogen (secondary N) is 1. The molecular formula is C19H16F2NO4P. The monoisotopic (exact) mass is 391 g/mol. The van der Waals surface area contributed by atoms with Gasteiger partial charge in [-0.2, -0.15) is 0 Å². The highest BCUT2D eigenvalue weighted by Gasteiger charge is 2.31. The van der Waals surface area contributed by atoms with Crippen LogP contribution in [0, 0.1) is 11.6 Å². The molecule has 0 aliphatic carbocycles. The summed E-state index contributed by atoms with van der Waals surface area (Å²) in [6.07, 6.45) is 0. The summed E-state index contributed by atoms with van der Waals surface area (Å²) in [5, 5.41) is 2.58. The van der Waals surface area contributed by atoms with Crippen LogP contribution in [-0.4, -0.2) is 7.11 Å². The van der Waals surface area contributed by atoms with E-state index in [1.54, 1.807) is 24.3 Å². The predicted molar refractivity (Wildman–Crippen MR) is 98.3 cm³/mol. The molecule has 8 heteroatoms. The molecule has 0 radical (unpaired) electrons. The summed E-state index contributed by atoms with van der Waals surface area (Å²) in [5.74, 6) is -1.58. The molecule has 27 heavy (non-hydrogen) atoms. The molecule has 0 amide bonds. The molecule has 0 heterocycles. The number of benzene rings is 3. The van der Waals surface area contributed by atoms with Crippen molar-refractivity contribution in [3.8, 4) is 17.2 Å². The SMILES string of the molecule is COc1cccc(NP(=O)(Oc2ccccc2F)Oc2ccccc2F)c1. The Labute approximate surface area is 155 Å². The molecule has 3 aromatic rings. The number of para-hydroxylation sites is 2. The van der Waals surface area contributed by atoms with E-state index in [0.717, 1.165) is 12.1 Å². The summed E-state index contributed by atoms with van der Waals surface area (Å²) < 4.78 is 57.0. The lowest BCUT2D eigenvalue weighted by Crippen LogP contribution is -2.11. The van der Waals surface area contributed by atoms with Gasteiger partial charge in [-0.3, -0.25) is 5.09 Å². The van der Waals surface area contributed by atoms with Crippen LogP contribution in [0.25, 0.3) is 0 Å². The molecule has 140 valence electrons. The second-order valence-corrected chi connectivity index (χ2v) is 6.97. The van der Waals surface area contributed by atoms with Gasteiger partial charge in [0.25, 0.3) is 0 Å². The van der Waals surface area contributed by atoms with Gasteiger partial charge in [-0.1, -0.05) is 30.3 Å². The van der Waals surface area contributed by atoms with Gasteiger partial charge >= 0.3 is 7.75 Å². The molecule has 1 N–H and O–H groups in total. The minimum Gasteiger partial charge on any atom is -0.497 e. The fourth-order valence-electron chi connectivity index (χ4n) is 2.21. The summed E-state index contributed by atoms with van der Waals surface area (Å²) in [6.45, 7) is 0. The van der Waals surface area contributed by atoms with Gasteiger partial charge < -0.3 is 13.8 Å². The largest absolute Gasteiger partial charge is 0.541 e. The summed E-state index contributed by atoms with van der Waals surface area (Å²) in [6, 6.07) is 17.3. The lowest BCUT2D eigenvalue weighted by Gasteiger charge is -2.21. The molecule has 3 aromatic carbocycles. The number of ether oxygens (including phenoxy) is 1. The van der Waals surface area contributed by atoms with Crippen LogP contribution in [0.15, 0.2) is 72.8 Å². The van der Waals surface area contributed by atoms with Crippen molar-refractivity contribution < 1.29 is 27.1 Å². The third kappa shape index (κ3) is 4.77. The number of halogens is 2. The zero-order valence-corrected chi connectivity index (χ0v) is 15.2. The van der Waals surface area contributed by atoms with Crippen LogP contribution in [0.5, 0.6) is 17.2 Å². The van der Waals surface area contributed by atoms with Crippen molar-refractivity contribution in [3.05, 3.63) is 84.4 Å². The Morgan fingerprint density at radius 1 is 0.815 bits per heavy atom. The number of methoxy groups -OCH3 is 1. The lowest BCUT2D eigenvalue weighted by atomic mass is 10.3. The minimum absolute atomic E-state index is 0.299. The molecule has 0 aliphatic heterocycles. The van der Waals surface area contributed by atoms with Gasteiger partial charge in [0.15, 0.2) is 23.1 Å². The van der Waals surface area contributed by atoms with Crippen molar-refractivity contribution >= 4 is 13.4 Å². The van der Waals surface area contributed by atoms with Crippen molar-refractivity contribution in [3.63, 3.8) is 0 Å². The first-order valence-electron chi connectivity index (χ1n) is 7.90. The van der Waals surface area contributed by atoms with Crippen LogP contribution in [0.4, 0.5) is 14.5 Å². The van der Waals surface area contributed by atoms with E-state index in [9.17, 15) is 13.3 Å². The molecule has 0 saturated carbocycles.